The van der Waals surface area contributed by atoms with Gasteiger partial charge < -0.3 is 9.64 Å². The van der Waals surface area contributed by atoms with Crippen molar-refractivity contribution in [3.8, 4) is 0 Å². The number of piperazine rings is 1. The Morgan fingerprint density at radius 1 is 1.16 bits per heavy atom. The van der Waals surface area contributed by atoms with Crippen molar-refractivity contribution in [2.75, 3.05) is 46.4 Å². The van der Waals surface area contributed by atoms with Crippen LogP contribution in [0.25, 0.3) is 0 Å². The highest BCUT2D eigenvalue weighted by Crippen LogP contribution is 2.22. The Hall–Kier alpha value is -1.55. The van der Waals surface area contributed by atoms with E-state index in [1.807, 2.05) is 0 Å². The fourth-order valence-corrected chi connectivity index (χ4v) is 4.32. The Morgan fingerprint density at radius 3 is 2.52 bits per heavy atom. The third kappa shape index (κ3) is 5.46. The summed E-state index contributed by atoms with van der Waals surface area (Å²) in [5.74, 6) is 0. The van der Waals surface area contributed by atoms with E-state index in [2.05, 4.69) is 4.90 Å². The largest absolute Gasteiger partial charge is 0.385 e. The zero-order valence-electron chi connectivity index (χ0n) is 14.5. The Labute approximate surface area is 148 Å². The second-order valence-electron chi connectivity index (χ2n) is 6.05. The van der Waals surface area contributed by atoms with Gasteiger partial charge in [0, 0.05) is 52.0 Å². The highest BCUT2D eigenvalue weighted by atomic mass is 32.2. The summed E-state index contributed by atoms with van der Waals surface area (Å²) < 4.78 is 31.8. The molecule has 0 unspecified atom stereocenters. The third-order valence-corrected chi connectivity index (χ3v) is 6.21. The molecule has 9 heteroatoms. The van der Waals surface area contributed by atoms with Crippen molar-refractivity contribution in [2.45, 2.75) is 24.2 Å². The molecule has 1 aliphatic rings. The molecular formula is C16H25N3O5S. The molecule has 140 valence electrons. The van der Waals surface area contributed by atoms with Crippen LogP contribution in [0.2, 0.25) is 0 Å². The molecule has 25 heavy (non-hydrogen) atoms. The Morgan fingerprint density at radius 2 is 1.88 bits per heavy atom. The number of sulfonamides is 1. The second kappa shape index (κ2) is 9.23. The van der Waals surface area contributed by atoms with Crippen molar-refractivity contribution in [1.82, 2.24) is 9.21 Å². The lowest BCUT2D eigenvalue weighted by molar-refractivity contribution is -0.385. The average molecular weight is 371 g/mol. The Bertz CT molecular complexity index is 672. The first kappa shape index (κ1) is 19.8. The van der Waals surface area contributed by atoms with Gasteiger partial charge in [-0.05, 0) is 31.9 Å². The first-order valence-electron chi connectivity index (χ1n) is 8.41. The number of methoxy groups -OCH3 is 1. The lowest BCUT2D eigenvalue weighted by Crippen LogP contribution is -2.48. The van der Waals surface area contributed by atoms with Gasteiger partial charge in [-0.2, -0.15) is 4.31 Å². The van der Waals surface area contributed by atoms with Gasteiger partial charge in [-0.25, -0.2) is 8.42 Å². The molecule has 1 heterocycles. The minimum atomic E-state index is -3.69. The number of rotatable bonds is 9. The van der Waals surface area contributed by atoms with Crippen LogP contribution in [0.5, 0.6) is 0 Å². The van der Waals surface area contributed by atoms with E-state index < -0.39 is 14.9 Å². The zero-order chi connectivity index (χ0) is 18.3. The Balaban J connectivity index is 1.89. The predicted octanol–water partition coefficient (Wildman–Crippen LogP) is 1.72. The highest BCUT2D eigenvalue weighted by molar-refractivity contribution is 7.89. The normalized spacial score (nSPS) is 16.8. The van der Waals surface area contributed by atoms with E-state index in [9.17, 15) is 18.5 Å². The maximum absolute atomic E-state index is 12.7. The van der Waals surface area contributed by atoms with Crippen LogP contribution in [0.3, 0.4) is 0 Å². The molecule has 0 atom stereocenters. The van der Waals surface area contributed by atoms with Crippen LogP contribution in [-0.4, -0.2) is 69.0 Å². The van der Waals surface area contributed by atoms with Crippen molar-refractivity contribution in [3.63, 3.8) is 0 Å². The van der Waals surface area contributed by atoms with Gasteiger partial charge in [0.1, 0.15) is 0 Å². The van der Waals surface area contributed by atoms with E-state index in [1.54, 1.807) is 7.11 Å². The molecule has 1 fully saturated rings. The van der Waals surface area contributed by atoms with Gasteiger partial charge in [0.25, 0.3) is 5.69 Å². The molecular weight excluding hydrogens is 346 g/mol. The molecule has 0 aliphatic carbocycles. The average Bonchev–Trinajstić information content (AvgIpc) is 2.62. The lowest BCUT2D eigenvalue weighted by atomic mass is 10.2. The minimum Gasteiger partial charge on any atom is -0.385 e. The van der Waals surface area contributed by atoms with E-state index >= 15 is 0 Å². The monoisotopic (exact) mass is 371 g/mol. The molecule has 2 rings (SSSR count). The number of unbranched alkanes of at least 4 members (excludes halogenated alkanes) is 2. The van der Waals surface area contributed by atoms with Crippen molar-refractivity contribution < 1.29 is 18.1 Å². The highest BCUT2D eigenvalue weighted by Gasteiger charge is 2.29. The SMILES string of the molecule is COCCCCCN1CCN(S(=O)(=O)c2cccc([N+](=O)[O-])c2)CC1. The number of hydrogen-bond donors (Lipinski definition) is 0. The molecule has 0 radical (unpaired) electrons. The van der Waals surface area contributed by atoms with Gasteiger partial charge in [-0.1, -0.05) is 6.07 Å². The smallest absolute Gasteiger partial charge is 0.270 e. The summed E-state index contributed by atoms with van der Waals surface area (Å²) >= 11 is 0. The lowest BCUT2D eigenvalue weighted by Gasteiger charge is -2.33. The minimum absolute atomic E-state index is 0.0188. The molecule has 0 aromatic heterocycles. The van der Waals surface area contributed by atoms with Gasteiger partial charge >= 0.3 is 0 Å². The number of nitrogens with zero attached hydrogens (tertiary/aromatic N) is 3. The summed E-state index contributed by atoms with van der Waals surface area (Å²) in [6.45, 7) is 3.90. The van der Waals surface area contributed by atoms with Crippen molar-refractivity contribution in [1.29, 1.82) is 0 Å². The first-order valence-corrected chi connectivity index (χ1v) is 9.85. The third-order valence-electron chi connectivity index (χ3n) is 4.32. The van der Waals surface area contributed by atoms with E-state index in [-0.39, 0.29) is 10.6 Å². The molecule has 1 aromatic carbocycles. The molecule has 1 aliphatic heterocycles. The summed E-state index contributed by atoms with van der Waals surface area (Å²) in [7, 11) is -1.99. The summed E-state index contributed by atoms with van der Waals surface area (Å²) in [6, 6.07) is 5.23. The van der Waals surface area contributed by atoms with Crippen molar-refractivity contribution in [2.24, 2.45) is 0 Å². The van der Waals surface area contributed by atoms with Crippen LogP contribution in [0.4, 0.5) is 5.69 Å². The molecule has 0 N–H and O–H groups in total. The van der Waals surface area contributed by atoms with Gasteiger partial charge in [-0.3, -0.25) is 10.1 Å². The fourth-order valence-electron chi connectivity index (χ4n) is 2.86. The summed E-state index contributed by atoms with van der Waals surface area (Å²) in [5.41, 5.74) is -0.212. The topological polar surface area (TPSA) is 93.0 Å². The molecule has 1 aromatic rings. The van der Waals surface area contributed by atoms with Gasteiger partial charge in [0.15, 0.2) is 0 Å². The maximum atomic E-state index is 12.7. The number of hydrogen-bond acceptors (Lipinski definition) is 6. The molecule has 0 spiro atoms. The van der Waals surface area contributed by atoms with Gasteiger partial charge in [-0.15, -0.1) is 0 Å². The van der Waals surface area contributed by atoms with Crippen molar-refractivity contribution >= 4 is 15.7 Å². The summed E-state index contributed by atoms with van der Waals surface area (Å²) in [5, 5.41) is 10.8. The standard InChI is InChI=1S/C16H25N3O5S/c1-24-13-4-2-3-8-17-9-11-18(12-10-17)25(22,23)16-7-5-6-15(14-16)19(20)21/h5-7,14H,2-4,8-13H2,1H3. The van der Waals surface area contributed by atoms with Crippen LogP contribution in [0, 0.1) is 10.1 Å². The first-order chi connectivity index (χ1) is 11.9. The van der Waals surface area contributed by atoms with Crippen LogP contribution in [-0.2, 0) is 14.8 Å². The van der Waals surface area contributed by atoms with E-state index in [0.717, 1.165) is 38.5 Å². The zero-order valence-corrected chi connectivity index (χ0v) is 15.3. The molecule has 0 saturated carbocycles. The number of nitro benzene ring substituents is 1. The summed E-state index contributed by atoms with van der Waals surface area (Å²) in [4.78, 5) is 12.5. The predicted molar refractivity (Wildman–Crippen MR) is 94.0 cm³/mol. The van der Waals surface area contributed by atoms with E-state index in [1.165, 1.54) is 22.5 Å². The van der Waals surface area contributed by atoms with Crippen LogP contribution >= 0.6 is 0 Å². The molecule has 1 saturated heterocycles. The molecule has 0 bridgehead atoms. The molecule has 0 amide bonds. The van der Waals surface area contributed by atoms with Crippen LogP contribution in [0.1, 0.15) is 19.3 Å². The number of benzene rings is 1. The summed E-state index contributed by atoms with van der Waals surface area (Å²) in [6.07, 6.45) is 3.21. The van der Waals surface area contributed by atoms with Crippen molar-refractivity contribution in [3.05, 3.63) is 34.4 Å². The number of non-ortho nitro benzene ring substituents is 1. The second-order valence-corrected chi connectivity index (χ2v) is 7.99. The quantitative estimate of drug-likeness (QED) is 0.373. The van der Waals surface area contributed by atoms with Gasteiger partial charge in [0.05, 0.1) is 9.82 Å². The van der Waals surface area contributed by atoms with Crippen LogP contribution in [0.15, 0.2) is 29.2 Å². The maximum Gasteiger partial charge on any atom is 0.270 e. The van der Waals surface area contributed by atoms with E-state index in [0.29, 0.717) is 26.2 Å². The number of nitro groups is 1. The fraction of sp³-hybridized carbons (Fsp3) is 0.625. The van der Waals surface area contributed by atoms with Gasteiger partial charge in [0.2, 0.25) is 10.0 Å². The Kier molecular flexibility index (Phi) is 7.30. The van der Waals surface area contributed by atoms with E-state index in [4.69, 9.17) is 4.74 Å². The molecule has 8 nitrogen and oxygen atoms in total. The van der Waals surface area contributed by atoms with Crippen LogP contribution < -0.4 is 0 Å². The number of ether oxygens (including phenoxy) is 1.